The van der Waals surface area contributed by atoms with Crippen molar-refractivity contribution in [2.45, 2.75) is 19.4 Å². The number of para-hydroxylation sites is 2. The summed E-state index contributed by atoms with van der Waals surface area (Å²) in [6, 6.07) is 26.7. The zero-order chi connectivity index (χ0) is 23.3. The van der Waals surface area contributed by atoms with Crippen molar-refractivity contribution in [1.82, 2.24) is 19.6 Å². The number of piperidine rings is 1. The molecule has 0 aliphatic carbocycles. The van der Waals surface area contributed by atoms with Crippen LogP contribution in [0.1, 0.15) is 18.4 Å². The number of rotatable bonds is 7. The molecule has 1 fully saturated rings. The van der Waals surface area contributed by atoms with Crippen molar-refractivity contribution in [3.05, 3.63) is 84.4 Å². The summed E-state index contributed by atoms with van der Waals surface area (Å²) < 4.78 is 24.2. The highest BCUT2D eigenvalue weighted by Gasteiger charge is 2.20. The Balaban J connectivity index is 1.38. The lowest BCUT2D eigenvalue weighted by Gasteiger charge is -2.33. The Morgan fingerprint density at radius 3 is 2.15 bits per heavy atom. The van der Waals surface area contributed by atoms with Gasteiger partial charge >= 0.3 is 0 Å². The maximum atomic E-state index is 10.8. The van der Waals surface area contributed by atoms with E-state index >= 15 is 0 Å². The second kappa shape index (κ2) is 10.5. The Morgan fingerprint density at radius 1 is 0.882 bits per heavy atom. The van der Waals surface area contributed by atoms with Gasteiger partial charge in [0.15, 0.2) is 0 Å². The SMILES string of the molecule is O=S([O-])NCC1CCCN(Cc2ccc(-c3nc4ccccc4nc3-c3ccccc3)cc2)C1. The molecule has 2 heterocycles. The molecule has 1 saturated heterocycles. The summed E-state index contributed by atoms with van der Waals surface area (Å²) in [7, 11) is 0. The molecule has 0 radical (unpaired) electrons. The molecule has 1 aliphatic heterocycles. The molecule has 4 aromatic rings. The third-order valence-electron chi connectivity index (χ3n) is 6.34. The smallest absolute Gasteiger partial charge is 0.0973 e. The molecule has 0 saturated carbocycles. The highest BCUT2D eigenvalue weighted by Crippen LogP contribution is 2.31. The lowest BCUT2D eigenvalue weighted by molar-refractivity contribution is 0.168. The molecule has 0 spiro atoms. The van der Waals surface area contributed by atoms with E-state index in [1.807, 2.05) is 42.5 Å². The number of hydrogen-bond acceptors (Lipinski definition) is 5. The monoisotopic (exact) mass is 471 g/mol. The molecule has 174 valence electrons. The van der Waals surface area contributed by atoms with Crippen molar-refractivity contribution in [1.29, 1.82) is 0 Å². The van der Waals surface area contributed by atoms with Gasteiger partial charge in [-0.25, -0.2) is 14.7 Å². The summed E-state index contributed by atoms with van der Waals surface area (Å²) in [6.07, 6.45) is 2.14. The van der Waals surface area contributed by atoms with Crippen LogP contribution in [0.4, 0.5) is 0 Å². The molecule has 1 aromatic heterocycles. The van der Waals surface area contributed by atoms with Crippen LogP contribution >= 0.6 is 0 Å². The van der Waals surface area contributed by atoms with Gasteiger partial charge in [-0.2, -0.15) is 0 Å². The van der Waals surface area contributed by atoms with Gasteiger partial charge in [-0.1, -0.05) is 66.7 Å². The minimum atomic E-state index is -2.19. The first-order valence-corrected chi connectivity index (χ1v) is 12.7. The minimum Gasteiger partial charge on any atom is -0.760 e. The third-order valence-corrected chi connectivity index (χ3v) is 6.75. The minimum absolute atomic E-state index is 0.354. The second-order valence-electron chi connectivity index (χ2n) is 8.80. The predicted octanol–water partition coefficient (Wildman–Crippen LogP) is 4.56. The van der Waals surface area contributed by atoms with Crippen molar-refractivity contribution < 1.29 is 8.76 Å². The van der Waals surface area contributed by atoms with Gasteiger partial charge in [0.25, 0.3) is 0 Å². The quantitative estimate of drug-likeness (QED) is 0.400. The van der Waals surface area contributed by atoms with E-state index in [2.05, 4.69) is 46.0 Å². The first-order chi connectivity index (χ1) is 16.7. The van der Waals surface area contributed by atoms with E-state index in [1.165, 1.54) is 5.56 Å². The fraction of sp³-hybridized carbons (Fsp3) is 0.259. The molecule has 2 atom stereocenters. The number of fused-ring (bicyclic) bond motifs is 1. The van der Waals surface area contributed by atoms with Crippen LogP contribution < -0.4 is 4.72 Å². The number of benzene rings is 3. The average molecular weight is 472 g/mol. The van der Waals surface area contributed by atoms with Crippen LogP contribution in [0.15, 0.2) is 78.9 Å². The highest BCUT2D eigenvalue weighted by atomic mass is 32.2. The molecule has 6 nitrogen and oxygen atoms in total. The maximum Gasteiger partial charge on any atom is 0.0973 e. The van der Waals surface area contributed by atoms with Crippen LogP contribution in [0, 0.1) is 5.92 Å². The lowest BCUT2D eigenvalue weighted by Crippen LogP contribution is -2.39. The third kappa shape index (κ3) is 5.39. The molecule has 1 aliphatic rings. The normalized spacial score (nSPS) is 17.6. The van der Waals surface area contributed by atoms with Crippen LogP contribution in [0.3, 0.4) is 0 Å². The molecule has 5 rings (SSSR count). The number of nitrogens with one attached hydrogen (secondary N) is 1. The maximum absolute atomic E-state index is 10.8. The van der Waals surface area contributed by atoms with Crippen molar-refractivity contribution >= 4 is 22.3 Å². The lowest BCUT2D eigenvalue weighted by atomic mass is 9.97. The molecule has 34 heavy (non-hydrogen) atoms. The summed E-state index contributed by atoms with van der Waals surface area (Å²) in [4.78, 5) is 12.3. The van der Waals surface area contributed by atoms with E-state index < -0.39 is 11.3 Å². The topological polar surface area (TPSA) is 81.2 Å². The molecule has 0 bridgehead atoms. The Morgan fingerprint density at radius 2 is 1.50 bits per heavy atom. The largest absolute Gasteiger partial charge is 0.760 e. The van der Waals surface area contributed by atoms with E-state index in [9.17, 15) is 8.76 Å². The van der Waals surface area contributed by atoms with E-state index in [4.69, 9.17) is 9.97 Å². The predicted molar refractivity (Wildman–Crippen MR) is 135 cm³/mol. The van der Waals surface area contributed by atoms with Crippen LogP contribution in [-0.4, -0.2) is 43.3 Å². The summed E-state index contributed by atoms with van der Waals surface area (Å²) >= 11 is -2.19. The van der Waals surface area contributed by atoms with E-state index in [0.717, 1.165) is 66.0 Å². The van der Waals surface area contributed by atoms with Crippen molar-refractivity contribution in [3.8, 4) is 22.5 Å². The van der Waals surface area contributed by atoms with Gasteiger partial charge in [-0.3, -0.25) is 9.11 Å². The van der Waals surface area contributed by atoms with E-state index in [1.54, 1.807) is 0 Å². The molecular formula is C27H27N4O2S-. The van der Waals surface area contributed by atoms with Crippen LogP contribution in [0.25, 0.3) is 33.5 Å². The molecule has 7 heteroatoms. The Bertz CT molecular complexity index is 1280. The van der Waals surface area contributed by atoms with Crippen molar-refractivity contribution in [2.24, 2.45) is 5.92 Å². The van der Waals surface area contributed by atoms with Gasteiger partial charge in [0, 0.05) is 42.0 Å². The number of nitrogens with zero attached hydrogens (tertiary/aromatic N) is 3. The molecule has 1 N–H and O–H groups in total. The van der Waals surface area contributed by atoms with Crippen LogP contribution in [0.2, 0.25) is 0 Å². The number of hydrogen-bond donors (Lipinski definition) is 1. The van der Waals surface area contributed by atoms with Crippen molar-refractivity contribution in [2.75, 3.05) is 19.6 Å². The number of likely N-dealkylation sites (tertiary alicyclic amines) is 1. The molecular weight excluding hydrogens is 444 g/mol. The van der Waals surface area contributed by atoms with Crippen LogP contribution in [0.5, 0.6) is 0 Å². The standard InChI is InChI=1S/C27H28N4O2S/c32-34(33)28-17-21-7-6-16-31(19-21)18-20-12-14-23(15-13-20)27-26(22-8-2-1-3-9-22)29-24-10-4-5-11-25(24)30-27/h1-5,8-15,21,28H,6-7,16-19H2,(H,32,33)/p-1. The second-order valence-corrected chi connectivity index (χ2v) is 9.56. The fourth-order valence-electron chi connectivity index (χ4n) is 4.67. The van der Waals surface area contributed by atoms with Gasteiger partial charge in [-0.05, 0) is 43.0 Å². The zero-order valence-corrected chi connectivity index (χ0v) is 19.7. The number of aromatic nitrogens is 2. The molecule has 3 aromatic carbocycles. The highest BCUT2D eigenvalue weighted by molar-refractivity contribution is 7.77. The van der Waals surface area contributed by atoms with Gasteiger partial charge < -0.3 is 4.55 Å². The Labute approximate surface area is 202 Å². The van der Waals surface area contributed by atoms with Crippen LogP contribution in [-0.2, 0) is 17.8 Å². The van der Waals surface area contributed by atoms with Gasteiger partial charge in [0.05, 0.1) is 22.4 Å². The average Bonchev–Trinajstić information content (AvgIpc) is 2.88. The van der Waals surface area contributed by atoms with Gasteiger partial charge in [-0.15, -0.1) is 0 Å². The van der Waals surface area contributed by atoms with Gasteiger partial charge in [0.2, 0.25) is 0 Å². The van der Waals surface area contributed by atoms with E-state index in [0.29, 0.717) is 12.5 Å². The Hall–Kier alpha value is -2.97. The summed E-state index contributed by atoms with van der Waals surface area (Å²) in [5, 5.41) is 0. The summed E-state index contributed by atoms with van der Waals surface area (Å²) in [5.41, 5.74) is 6.86. The first kappa shape index (κ1) is 22.8. The summed E-state index contributed by atoms with van der Waals surface area (Å²) in [5.74, 6) is 0.354. The van der Waals surface area contributed by atoms with Gasteiger partial charge in [0.1, 0.15) is 0 Å². The van der Waals surface area contributed by atoms with E-state index in [-0.39, 0.29) is 0 Å². The molecule has 0 amide bonds. The zero-order valence-electron chi connectivity index (χ0n) is 18.9. The summed E-state index contributed by atoms with van der Waals surface area (Å²) in [6.45, 7) is 3.30. The van der Waals surface area contributed by atoms with Crippen molar-refractivity contribution in [3.63, 3.8) is 0 Å². The molecule has 2 unspecified atom stereocenters. The first-order valence-electron chi connectivity index (χ1n) is 11.6. The Kier molecular flexibility index (Phi) is 7.06. The fourth-order valence-corrected chi connectivity index (χ4v) is 5.04.